The van der Waals surface area contributed by atoms with Crippen LogP contribution in [0.15, 0.2) is 54.8 Å². The first kappa shape index (κ1) is 14.3. The second-order valence-corrected chi connectivity index (χ2v) is 5.38. The predicted molar refractivity (Wildman–Crippen MR) is 91.2 cm³/mol. The topological polar surface area (TPSA) is 45.2 Å². The number of benzene rings is 1. The number of anilines is 2. The van der Waals surface area contributed by atoms with Gasteiger partial charge in [-0.2, -0.15) is 0 Å². The zero-order chi connectivity index (χ0) is 15.5. The lowest BCUT2D eigenvalue weighted by molar-refractivity contribution is -0.111. The van der Waals surface area contributed by atoms with Crippen LogP contribution in [0.3, 0.4) is 0 Å². The second kappa shape index (κ2) is 6.02. The van der Waals surface area contributed by atoms with Gasteiger partial charge in [-0.1, -0.05) is 18.2 Å². The maximum absolute atomic E-state index is 11.4. The van der Waals surface area contributed by atoms with E-state index in [0.29, 0.717) is 0 Å². The molecule has 0 unspecified atom stereocenters. The van der Waals surface area contributed by atoms with E-state index in [1.807, 2.05) is 30.5 Å². The number of fused-ring (bicyclic) bond motifs is 1. The lowest BCUT2D eigenvalue weighted by Crippen LogP contribution is -2.19. The van der Waals surface area contributed by atoms with Gasteiger partial charge in [0, 0.05) is 30.4 Å². The van der Waals surface area contributed by atoms with Gasteiger partial charge in [0.25, 0.3) is 0 Å². The first-order valence-corrected chi connectivity index (χ1v) is 7.42. The summed E-state index contributed by atoms with van der Waals surface area (Å²) in [6.07, 6.45) is 6.38. The molecule has 2 aromatic rings. The summed E-state index contributed by atoms with van der Waals surface area (Å²) < 4.78 is 0. The number of amides is 1. The van der Waals surface area contributed by atoms with Crippen molar-refractivity contribution in [3.63, 3.8) is 0 Å². The van der Waals surface area contributed by atoms with Crippen LogP contribution in [-0.4, -0.2) is 24.0 Å². The molecule has 1 N–H and O–H groups in total. The minimum Gasteiger partial charge on any atom is -0.352 e. The van der Waals surface area contributed by atoms with Gasteiger partial charge in [0.1, 0.15) is 5.82 Å². The number of nitrogens with zero attached hydrogens (tertiary/aromatic N) is 2. The molecule has 0 spiro atoms. The highest BCUT2D eigenvalue weighted by molar-refractivity contribution is 6.01. The molecule has 1 aromatic heterocycles. The molecule has 4 heteroatoms. The van der Waals surface area contributed by atoms with Crippen molar-refractivity contribution in [3.8, 4) is 0 Å². The Balaban J connectivity index is 1.96. The van der Waals surface area contributed by atoms with Crippen molar-refractivity contribution in [3.05, 3.63) is 54.8 Å². The van der Waals surface area contributed by atoms with Crippen LogP contribution in [0.2, 0.25) is 0 Å². The first-order chi connectivity index (χ1) is 10.7. The van der Waals surface area contributed by atoms with Crippen molar-refractivity contribution in [2.75, 3.05) is 23.3 Å². The molecule has 0 saturated carbocycles. The fraction of sp³-hybridized carbons (Fsp3) is 0.222. The Hall–Kier alpha value is -2.62. The van der Waals surface area contributed by atoms with Crippen LogP contribution in [0.25, 0.3) is 10.8 Å². The van der Waals surface area contributed by atoms with E-state index < -0.39 is 0 Å². The third-order valence-electron chi connectivity index (χ3n) is 4.00. The number of aromatic nitrogens is 1. The molecule has 1 aromatic carbocycles. The maximum Gasteiger partial charge on any atom is 0.247 e. The number of pyridine rings is 1. The minimum absolute atomic E-state index is 0.203. The molecule has 1 saturated heterocycles. The van der Waals surface area contributed by atoms with Gasteiger partial charge in [-0.3, -0.25) is 4.79 Å². The van der Waals surface area contributed by atoms with Gasteiger partial charge in [-0.05, 0) is 49.1 Å². The van der Waals surface area contributed by atoms with Gasteiger partial charge in [0.05, 0.1) is 0 Å². The standard InChI is InChI=1S/C18H19N3O/c1-3-13-8-10-21(12-13)18-16-6-5-15(20-17(22)4-2)11-14(16)7-9-19-18/h3-7,9,11H,2,8,10,12H2,1H3,(H,20,22)/b13-3-. The van der Waals surface area contributed by atoms with E-state index in [2.05, 4.69) is 34.8 Å². The predicted octanol–water partition coefficient (Wildman–Crippen LogP) is 3.52. The fourth-order valence-corrected chi connectivity index (χ4v) is 2.78. The van der Waals surface area contributed by atoms with Crippen LogP contribution < -0.4 is 10.2 Å². The van der Waals surface area contributed by atoms with Gasteiger partial charge in [-0.15, -0.1) is 0 Å². The van der Waals surface area contributed by atoms with Crippen LogP contribution >= 0.6 is 0 Å². The van der Waals surface area contributed by atoms with Gasteiger partial charge in [0.2, 0.25) is 5.91 Å². The lowest BCUT2D eigenvalue weighted by atomic mass is 10.1. The molecular weight excluding hydrogens is 274 g/mol. The average Bonchev–Trinajstić information content (AvgIpc) is 3.02. The highest BCUT2D eigenvalue weighted by atomic mass is 16.1. The summed E-state index contributed by atoms with van der Waals surface area (Å²) in [7, 11) is 0. The molecule has 1 fully saturated rings. The van der Waals surface area contributed by atoms with E-state index in [-0.39, 0.29) is 5.91 Å². The molecule has 2 heterocycles. The van der Waals surface area contributed by atoms with E-state index in [4.69, 9.17) is 0 Å². The van der Waals surface area contributed by atoms with Crippen molar-refractivity contribution in [1.82, 2.24) is 4.98 Å². The summed E-state index contributed by atoms with van der Waals surface area (Å²) in [5, 5.41) is 4.97. The molecule has 0 radical (unpaired) electrons. The van der Waals surface area contributed by atoms with E-state index >= 15 is 0 Å². The Morgan fingerprint density at radius 2 is 2.27 bits per heavy atom. The van der Waals surface area contributed by atoms with E-state index in [0.717, 1.165) is 41.8 Å². The van der Waals surface area contributed by atoms with Crippen molar-refractivity contribution in [2.45, 2.75) is 13.3 Å². The monoisotopic (exact) mass is 293 g/mol. The largest absolute Gasteiger partial charge is 0.352 e. The third-order valence-corrected chi connectivity index (χ3v) is 4.00. The molecular formula is C18H19N3O. The molecule has 1 aliphatic rings. The smallest absolute Gasteiger partial charge is 0.247 e. The molecule has 1 aliphatic heterocycles. The molecule has 22 heavy (non-hydrogen) atoms. The first-order valence-electron chi connectivity index (χ1n) is 7.42. The minimum atomic E-state index is -0.203. The van der Waals surface area contributed by atoms with Crippen molar-refractivity contribution < 1.29 is 4.79 Å². The summed E-state index contributed by atoms with van der Waals surface area (Å²) >= 11 is 0. The molecule has 1 amide bonds. The number of allylic oxidation sites excluding steroid dienone is 1. The van der Waals surface area contributed by atoms with Crippen molar-refractivity contribution in [2.24, 2.45) is 0 Å². The van der Waals surface area contributed by atoms with Gasteiger partial charge < -0.3 is 10.2 Å². The van der Waals surface area contributed by atoms with Crippen LogP contribution in [0.1, 0.15) is 13.3 Å². The van der Waals surface area contributed by atoms with E-state index in [9.17, 15) is 4.79 Å². The number of hydrogen-bond acceptors (Lipinski definition) is 3. The summed E-state index contributed by atoms with van der Waals surface area (Å²) in [6.45, 7) is 7.50. The maximum atomic E-state index is 11.4. The lowest BCUT2D eigenvalue weighted by Gasteiger charge is -2.18. The SMILES string of the molecule is C=CC(=O)Nc1ccc2c(N3CC/C(=C/C)C3)nccc2c1. The van der Waals surface area contributed by atoms with E-state index in [1.165, 1.54) is 11.6 Å². The number of hydrogen-bond donors (Lipinski definition) is 1. The quantitative estimate of drug-likeness (QED) is 0.695. The van der Waals surface area contributed by atoms with Gasteiger partial charge in [0.15, 0.2) is 0 Å². The number of carbonyl (C=O) groups is 1. The van der Waals surface area contributed by atoms with Crippen LogP contribution in [0, 0.1) is 0 Å². The number of nitrogens with one attached hydrogen (secondary N) is 1. The van der Waals surface area contributed by atoms with Crippen LogP contribution in [0.4, 0.5) is 11.5 Å². The van der Waals surface area contributed by atoms with Crippen LogP contribution in [-0.2, 0) is 4.79 Å². The Morgan fingerprint density at radius 3 is 3.00 bits per heavy atom. The molecule has 4 nitrogen and oxygen atoms in total. The molecule has 0 aliphatic carbocycles. The molecule has 0 atom stereocenters. The number of carbonyl (C=O) groups excluding carboxylic acids is 1. The van der Waals surface area contributed by atoms with Gasteiger partial charge in [-0.25, -0.2) is 4.98 Å². The zero-order valence-corrected chi connectivity index (χ0v) is 12.7. The van der Waals surface area contributed by atoms with Crippen LogP contribution in [0.5, 0.6) is 0 Å². The Labute approximate surface area is 130 Å². The highest BCUT2D eigenvalue weighted by Crippen LogP contribution is 2.30. The average molecular weight is 293 g/mol. The summed E-state index contributed by atoms with van der Waals surface area (Å²) in [5.41, 5.74) is 2.22. The molecule has 112 valence electrons. The summed E-state index contributed by atoms with van der Waals surface area (Å²) in [5.74, 6) is 0.807. The fourth-order valence-electron chi connectivity index (χ4n) is 2.78. The molecule has 0 bridgehead atoms. The third kappa shape index (κ3) is 2.72. The van der Waals surface area contributed by atoms with Gasteiger partial charge >= 0.3 is 0 Å². The normalized spacial score (nSPS) is 16.2. The summed E-state index contributed by atoms with van der Waals surface area (Å²) in [4.78, 5) is 18.3. The van der Waals surface area contributed by atoms with Crippen molar-refractivity contribution in [1.29, 1.82) is 0 Å². The highest BCUT2D eigenvalue weighted by Gasteiger charge is 2.19. The second-order valence-electron chi connectivity index (χ2n) is 5.38. The van der Waals surface area contributed by atoms with E-state index in [1.54, 1.807) is 0 Å². The number of rotatable bonds is 3. The van der Waals surface area contributed by atoms with Crippen molar-refractivity contribution >= 4 is 28.2 Å². The Bertz CT molecular complexity index is 764. The summed E-state index contributed by atoms with van der Waals surface area (Å²) in [6, 6.07) is 7.86. The zero-order valence-electron chi connectivity index (χ0n) is 12.7. The Kier molecular flexibility index (Phi) is 3.92. The molecule has 3 rings (SSSR count). The Morgan fingerprint density at radius 1 is 1.41 bits per heavy atom.